The van der Waals surface area contributed by atoms with Gasteiger partial charge in [-0.15, -0.1) is 0 Å². The van der Waals surface area contributed by atoms with E-state index in [0.717, 1.165) is 18.0 Å². The number of amides is 2. The first-order chi connectivity index (χ1) is 40.5. The maximum Gasteiger partial charge on any atom is 0.407 e. The molecule has 4 aliphatic heterocycles. The summed E-state index contributed by atoms with van der Waals surface area (Å²) in [6.07, 6.45) is -4.98. The number of halogens is 1. The summed E-state index contributed by atoms with van der Waals surface area (Å²) in [6.45, 7) is 27.5. The number of alkyl halides is 1. The molecule has 26 nitrogen and oxygen atoms in total. The fourth-order valence-corrected chi connectivity index (χ4v) is 14.6. The summed E-state index contributed by atoms with van der Waals surface area (Å²) in [5.41, 5.74) is 0.677. The zero-order chi connectivity index (χ0) is 63.4. The molecule has 33 heteroatoms. The number of hydrogen-bond donors (Lipinski definition) is 5. The van der Waals surface area contributed by atoms with E-state index in [9.17, 15) is 23.8 Å². The Hall–Kier alpha value is -3.34. The number of ether oxygens (including phenoxy) is 4. The smallest absolute Gasteiger partial charge is 0.407 e. The molecule has 5 N–H and O–H groups in total. The largest absolute Gasteiger partial charge is 0.780 e. The van der Waals surface area contributed by atoms with E-state index < -0.39 is 110 Å². The summed E-state index contributed by atoms with van der Waals surface area (Å²) >= 11 is 10.9. The van der Waals surface area contributed by atoms with Crippen LogP contribution in [-0.2, 0) is 87.8 Å². The molecule has 3 fully saturated rings. The highest BCUT2D eigenvalue weighted by molar-refractivity contribution is 8.32. The second-order valence-corrected chi connectivity index (χ2v) is 40.0. The van der Waals surface area contributed by atoms with Crippen molar-refractivity contribution in [2.24, 2.45) is 0 Å². The van der Waals surface area contributed by atoms with Crippen LogP contribution in [0, 0.1) is 0 Å². The van der Waals surface area contributed by atoms with Crippen LogP contribution in [0.25, 0.3) is 22.2 Å². The number of carbonyl (C=O) groups is 2. The molecule has 2 unspecified atom stereocenters. The Morgan fingerprint density at radius 1 is 0.872 bits per heavy atom. The lowest BCUT2D eigenvalue weighted by molar-refractivity contribution is -0.894. The monoisotopic (exact) mass is 1320 g/mol. The Balaban J connectivity index is 0.000000753. The van der Waals surface area contributed by atoms with Gasteiger partial charge in [-0.05, 0) is 84.1 Å². The number of quaternary nitrogens is 2. The number of fused-ring (bicyclic) bond motifs is 4. The molecule has 0 aliphatic carbocycles. The molecule has 0 saturated carbocycles. The zero-order valence-electron chi connectivity index (χ0n) is 52.4. The molecule has 4 aliphatic rings. The molecular weight excluding hydrogens is 1230 g/mol. The number of nitrogens with one attached hydrogen (secondary N) is 5. The van der Waals surface area contributed by atoms with Crippen molar-refractivity contribution in [2.45, 2.75) is 175 Å². The van der Waals surface area contributed by atoms with E-state index in [1.807, 2.05) is 33.9 Å². The van der Waals surface area contributed by atoms with Gasteiger partial charge in [-0.3, -0.25) is 23.3 Å². The fourth-order valence-electron chi connectivity index (χ4n) is 9.74. The third-order valence-corrected chi connectivity index (χ3v) is 25.4. The fraction of sp³-hybridized carbons (Fsp3) is 0.755. The van der Waals surface area contributed by atoms with Crippen LogP contribution < -0.4 is 36.2 Å². The zero-order valence-corrected chi connectivity index (χ0v) is 57.8. The van der Waals surface area contributed by atoms with Gasteiger partial charge in [-0.25, -0.2) is 29.1 Å². The molecule has 0 radical (unpaired) electrons. The normalized spacial score (nSPS) is 26.3. The highest BCUT2D eigenvalue weighted by Gasteiger charge is 2.55. The van der Waals surface area contributed by atoms with Crippen molar-refractivity contribution in [1.82, 2.24) is 44.3 Å². The SMILES string of the molecule is CC(C)(C)[Si](C)(C)O[C@H]1[C@H]2OP(=O)([S-])OC[C@H]3O[C@@H](n4cc5c6c(ncnc64)NCCC5)[C@H](F)[C@@H]3OP([O-])(=S)OC[C@H]1O[C@H]2n1cnc2c(=O)n(CCOCNC(=O)CNC(=O)OCC[Si](C)(C)C)cnc21.CC[NH+](CC)CC.CC[NH+](CC)CC. The number of anilines is 1. The molecule has 486 valence electrons. The van der Waals surface area contributed by atoms with E-state index in [1.165, 1.54) is 72.0 Å². The molecule has 8 heterocycles. The van der Waals surface area contributed by atoms with Crippen LogP contribution >= 0.6 is 13.5 Å². The lowest BCUT2D eigenvalue weighted by Gasteiger charge is -2.41. The molecule has 0 aromatic carbocycles. The van der Waals surface area contributed by atoms with Crippen LogP contribution in [0.4, 0.5) is 15.0 Å². The summed E-state index contributed by atoms with van der Waals surface area (Å²) in [7, 11) is -4.16. The van der Waals surface area contributed by atoms with Crippen molar-refractivity contribution < 1.29 is 74.7 Å². The number of alkyl carbamates (subject to hydrolysis) is 1. The molecular formula is C53H93FN12O14P2S2Si2. The van der Waals surface area contributed by atoms with E-state index in [2.05, 4.69) is 97.1 Å². The van der Waals surface area contributed by atoms with E-state index in [4.69, 9.17) is 65.5 Å². The Labute approximate surface area is 517 Å². The molecule has 4 aromatic rings. The van der Waals surface area contributed by atoms with Gasteiger partial charge >= 0.3 is 6.09 Å². The van der Waals surface area contributed by atoms with Crippen LogP contribution in [0.2, 0.25) is 43.8 Å². The van der Waals surface area contributed by atoms with Crippen LogP contribution in [0.15, 0.2) is 30.0 Å². The van der Waals surface area contributed by atoms with Crippen molar-refractivity contribution in [3.05, 3.63) is 41.1 Å². The third-order valence-electron chi connectivity index (χ3n) is 16.1. The van der Waals surface area contributed by atoms with Crippen molar-refractivity contribution >= 4 is 94.0 Å². The van der Waals surface area contributed by atoms with Crippen molar-refractivity contribution in [3.63, 3.8) is 0 Å². The van der Waals surface area contributed by atoms with E-state index >= 15 is 4.39 Å². The lowest BCUT2D eigenvalue weighted by atomic mass is 10.1. The molecule has 3 saturated heterocycles. The first-order valence-corrected chi connectivity index (χ1v) is 41.6. The molecule has 8 rings (SSSR count). The number of hydrogen-bond acceptors (Lipinski definition) is 21. The van der Waals surface area contributed by atoms with Gasteiger partial charge < -0.3 is 88.9 Å². The predicted molar refractivity (Wildman–Crippen MR) is 333 cm³/mol. The number of aryl methyl sites for hydroxylation is 1. The summed E-state index contributed by atoms with van der Waals surface area (Å²) in [6, 6.07) is 0.797. The number of rotatable bonds is 20. The number of imidazole rings is 1. The Kier molecular flexibility index (Phi) is 26.4. The third kappa shape index (κ3) is 19.1. The number of nitrogens with zero attached hydrogens (tertiary/aromatic N) is 7. The van der Waals surface area contributed by atoms with Gasteiger partial charge in [0, 0.05) is 20.8 Å². The second-order valence-electron chi connectivity index (χ2n) is 24.2. The van der Waals surface area contributed by atoms with Crippen LogP contribution in [0.1, 0.15) is 86.8 Å². The summed E-state index contributed by atoms with van der Waals surface area (Å²) in [4.78, 5) is 73.2. The minimum atomic E-state index is -4.61. The van der Waals surface area contributed by atoms with Crippen LogP contribution in [-0.4, -0.2) is 184 Å². The quantitative estimate of drug-likeness (QED) is 0.0275. The summed E-state index contributed by atoms with van der Waals surface area (Å²) < 4.78 is 89.6. The summed E-state index contributed by atoms with van der Waals surface area (Å²) in [5.74, 6) is 0.0895. The summed E-state index contributed by atoms with van der Waals surface area (Å²) in [5, 5.41) is 8.51. The Morgan fingerprint density at radius 2 is 1.52 bits per heavy atom. The van der Waals surface area contributed by atoms with Gasteiger partial charge in [0.25, 0.3) is 5.56 Å². The predicted octanol–water partition coefficient (Wildman–Crippen LogP) is 3.99. The molecule has 10 atom stereocenters. The first kappa shape index (κ1) is 71.7. The van der Waals surface area contributed by atoms with Crippen molar-refractivity contribution in [1.29, 1.82) is 0 Å². The average Bonchev–Trinajstić information content (AvgIpc) is 1.66. The standard InChI is InChI=1S/C41H63FN10O14P2S2Si2.2C6H15N/c1-41(2,3)72(7,8)66-32-26-19-61-67(56,69)64-31-25(62-38(29(31)42)51-17-24-10-9-11-43-34-28(24)35(51)46-20-45-34)18-60-68(57,70)65-33(32)39(63-26)52-22-47-30-36(52)48-21-50(37(30)54)12-13-58-23-49-27(53)16-44-40(55)59-14-15-71(4,5)6;2*1-4-7(5-2)6-3/h17,20-22,25-26,29,31-33,38-39H,9-16,18-19,23H2,1-8H3,(H,44,55)(H,49,53)(H,56,69)(H,57,70)(H,43,45,46);2*4-6H2,1-3H3/t25-,26-,29-,31-,32-,33-,38-,39-,67?,68?;;/m1../s1. The molecule has 2 bridgehead atoms. The maximum atomic E-state index is 16.9. The second kappa shape index (κ2) is 31.6. The number of carbonyl (C=O) groups excluding carboxylic acids is 2. The van der Waals surface area contributed by atoms with E-state index in [1.54, 1.807) is 16.0 Å². The molecule has 4 aromatic heterocycles. The van der Waals surface area contributed by atoms with Crippen LogP contribution in [0.3, 0.4) is 0 Å². The minimum Gasteiger partial charge on any atom is -0.780 e. The molecule has 86 heavy (non-hydrogen) atoms. The van der Waals surface area contributed by atoms with Crippen LogP contribution in [0.5, 0.6) is 0 Å². The van der Waals surface area contributed by atoms with Crippen molar-refractivity contribution in [3.8, 4) is 0 Å². The van der Waals surface area contributed by atoms with Crippen molar-refractivity contribution in [2.75, 3.05) is 90.8 Å². The van der Waals surface area contributed by atoms with Gasteiger partial charge in [0.05, 0.1) is 84.0 Å². The van der Waals surface area contributed by atoms with Gasteiger partial charge in [0.2, 0.25) is 12.7 Å². The average molecular weight is 1320 g/mol. The van der Waals surface area contributed by atoms with Gasteiger partial charge in [-0.2, -0.15) is 0 Å². The minimum absolute atomic E-state index is 0.0163. The van der Waals surface area contributed by atoms with Gasteiger partial charge in [0.1, 0.15) is 74.6 Å². The Bertz CT molecular complexity index is 3000. The molecule has 0 spiro atoms. The topological polar surface area (TPSA) is 286 Å². The van der Waals surface area contributed by atoms with Gasteiger partial charge in [-0.1, -0.05) is 52.2 Å². The highest BCUT2D eigenvalue weighted by atomic mass is 32.7. The first-order valence-electron chi connectivity index (χ1n) is 29.8. The molecule has 2 amide bonds. The lowest BCUT2D eigenvalue weighted by Crippen LogP contribution is -3.11. The number of aromatic nitrogens is 7. The highest BCUT2D eigenvalue weighted by Crippen LogP contribution is 2.55. The van der Waals surface area contributed by atoms with E-state index in [-0.39, 0.29) is 49.2 Å². The van der Waals surface area contributed by atoms with Gasteiger partial charge in [0.15, 0.2) is 38.1 Å². The maximum absolute atomic E-state index is 16.9. The Morgan fingerprint density at radius 3 is 2.15 bits per heavy atom. The van der Waals surface area contributed by atoms with E-state index in [0.29, 0.717) is 29.8 Å².